The molecule has 2 aliphatic carbocycles. The average molecular weight is 844 g/mol. The summed E-state index contributed by atoms with van der Waals surface area (Å²) in [5.41, 5.74) is 22.4. The molecule has 0 saturated carbocycles. The number of benzene rings is 10. The van der Waals surface area contributed by atoms with E-state index in [-0.39, 0.29) is 5.41 Å². The Morgan fingerprint density at radius 2 is 0.788 bits per heavy atom. The number of anilines is 3. The van der Waals surface area contributed by atoms with Crippen LogP contribution in [0, 0.1) is 0 Å². The quantitative estimate of drug-likeness (QED) is 0.165. The van der Waals surface area contributed by atoms with Gasteiger partial charge in [0.05, 0.1) is 5.41 Å². The molecule has 0 aromatic heterocycles. The van der Waals surface area contributed by atoms with Crippen LogP contribution in [0.4, 0.5) is 17.1 Å². The van der Waals surface area contributed by atoms with Gasteiger partial charge in [-0.2, -0.15) is 0 Å². The number of hydrogen-bond acceptors (Lipinski definition) is 2. The number of fused-ring (bicyclic) bond motifs is 12. The second-order valence-corrected chi connectivity index (χ2v) is 18.4. The Labute approximate surface area is 386 Å². The largest absolute Gasteiger partial charge is 0.457 e. The molecule has 0 bridgehead atoms. The number of nitrogens with zero attached hydrogens (tertiary/aromatic N) is 1. The van der Waals surface area contributed by atoms with Crippen molar-refractivity contribution in [2.75, 3.05) is 4.90 Å². The number of para-hydroxylation sites is 2. The number of rotatable bonds is 6. The van der Waals surface area contributed by atoms with Crippen molar-refractivity contribution in [3.63, 3.8) is 0 Å². The Hall–Kier alpha value is -8.20. The van der Waals surface area contributed by atoms with Gasteiger partial charge in [-0.3, -0.25) is 0 Å². The molecule has 10 aromatic carbocycles. The van der Waals surface area contributed by atoms with Gasteiger partial charge in [0.1, 0.15) is 11.5 Å². The summed E-state index contributed by atoms with van der Waals surface area (Å²) in [6.07, 6.45) is 0. The highest BCUT2D eigenvalue weighted by atomic mass is 16.5. The van der Waals surface area contributed by atoms with Crippen LogP contribution in [0.25, 0.3) is 55.6 Å². The predicted molar refractivity (Wildman–Crippen MR) is 272 cm³/mol. The van der Waals surface area contributed by atoms with E-state index < -0.39 is 5.41 Å². The van der Waals surface area contributed by atoms with Gasteiger partial charge < -0.3 is 9.64 Å². The first-order valence-corrected chi connectivity index (χ1v) is 23.0. The summed E-state index contributed by atoms with van der Waals surface area (Å²) in [5, 5.41) is 0. The molecule has 2 nitrogen and oxygen atoms in total. The first-order chi connectivity index (χ1) is 32.5. The summed E-state index contributed by atoms with van der Waals surface area (Å²) in [4.78, 5) is 2.46. The summed E-state index contributed by atoms with van der Waals surface area (Å²) in [5.74, 6) is 1.79. The van der Waals surface area contributed by atoms with Gasteiger partial charge in [0.15, 0.2) is 0 Å². The predicted octanol–water partition coefficient (Wildman–Crippen LogP) is 16.9. The molecule has 0 atom stereocenters. The molecule has 3 aliphatic rings. The zero-order valence-electron chi connectivity index (χ0n) is 36.9. The van der Waals surface area contributed by atoms with Gasteiger partial charge in [-0.1, -0.05) is 196 Å². The lowest BCUT2D eigenvalue weighted by molar-refractivity contribution is 0.436. The van der Waals surface area contributed by atoms with Crippen molar-refractivity contribution in [3.8, 4) is 67.1 Å². The van der Waals surface area contributed by atoms with Gasteiger partial charge in [-0.05, 0) is 132 Å². The minimum atomic E-state index is -0.570. The minimum absolute atomic E-state index is 0.152. The minimum Gasteiger partial charge on any atom is -0.457 e. The van der Waals surface area contributed by atoms with Crippen LogP contribution in [0.2, 0.25) is 0 Å². The van der Waals surface area contributed by atoms with Crippen LogP contribution in [0.15, 0.2) is 237 Å². The Morgan fingerprint density at radius 3 is 1.42 bits per heavy atom. The molecule has 66 heavy (non-hydrogen) atoms. The molecule has 312 valence electrons. The zero-order chi connectivity index (χ0) is 44.0. The Kier molecular flexibility index (Phi) is 8.51. The SMILES string of the molecule is CC1(C)c2ccccc2-c2ccc(N(c3ccc(-c4cccc5c4C4(c6ccccc6Oc6ccccc64)c4ccccc4-5)cc3)c3cc(-c4ccccc4)cc(-c4ccccc4)c3)cc21. The van der Waals surface area contributed by atoms with Gasteiger partial charge in [-0.15, -0.1) is 0 Å². The lowest BCUT2D eigenvalue weighted by atomic mass is 9.64. The molecule has 10 aromatic rings. The molecule has 1 heterocycles. The molecule has 13 rings (SSSR count). The zero-order valence-corrected chi connectivity index (χ0v) is 36.9. The molecule has 0 saturated heterocycles. The van der Waals surface area contributed by atoms with Crippen molar-refractivity contribution in [3.05, 3.63) is 270 Å². The van der Waals surface area contributed by atoms with E-state index in [9.17, 15) is 0 Å². The summed E-state index contributed by atoms with van der Waals surface area (Å²) in [6.45, 7) is 4.73. The fraction of sp³-hybridized carbons (Fsp3) is 0.0625. The summed E-state index contributed by atoms with van der Waals surface area (Å²) in [7, 11) is 0. The monoisotopic (exact) mass is 843 g/mol. The van der Waals surface area contributed by atoms with Crippen LogP contribution < -0.4 is 9.64 Å². The fourth-order valence-corrected chi connectivity index (χ4v) is 11.6. The molecule has 1 spiro atoms. The van der Waals surface area contributed by atoms with E-state index in [0.717, 1.165) is 34.1 Å². The second kappa shape index (κ2) is 14.7. The highest BCUT2D eigenvalue weighted by molar-refractivity contribution is 5.95. The summed E-state index contributed by atoms with van der Waals surface area (Å²) >= 11 is 0. The van der Waals surface area contributed by atoms with Crippen molar-refractivity contribution in [2.24, 2.45) is 0 Å². The molecule has 1 aliphatic heterocycles. The molecule has 0 amide bonds. The molecule has 0 unspecified atom stereocenters. The van der Waals surface area contributed by atoms with Gasteiger partial charge in [-0.25, -0.2) is 0 Å². The van der Waals surface area contributed by atoms with E-state index in [1.54, 1.807) is 0 Å². The van der Waals surface area contributed by atoms with Gasteiger partial charge in [0.25, 0.3) is 0 Å². The maximum absolute atomic E-state index is 6.69. The molecule has 0 radical (unpaired) electrons. The first-order valence-electron chi connectivity index (χ1n) is 23.0. The Bertz CT molecular complexity index is 3430. The van der Waals surface area contributed by atoms with E-state index in [4.69, 9.17) is 4.74 Å². The highest BCUT2D eigenvalue weighted by Crippen LogP contribution is 2.64. The fourth-order valence-electron chi connectivity index (χ4n) is 11.6. The third-order valence-corrected chi connectivity index (χ3v) is 14.5. The molecule has 0 fully saturated rings. The van der Waals surface area contributed by atoms with Crippen LogP contribution in [0.5, 0.6) is 11.5 Å². The Balaban J connectivity index is 1.02. The van der Waals surface area contributed by atoms with Gasteiger partial charge in [0, 0.05) is 33.6 Å². The summed E-state index contributed by atoms with van der Waals surface area (Å²) in [6, 6.07) is 86.9. The lowest BCUT2D eigenvalue weighted by Gasteiger charge is -2.40. The lowest BCUT2D eigenvalue weighted by Crippen LogP contribution is -2.32. The standard InChI is InChI=1S/C64H45NO/c1-63(2)55-26-11-9-22-51(55)53-37-36-48(41-59(53)63)65(49-39-45(42-18-5-3-6-19-42)38-46(40-49)43-20-7-4-8-21-43)47-34-32-44(33-35-47)50-24-17-25-54-52-23-10-12-27-56(52)64(62(50)54)57-28-13-15-30-60(57)66-61-31-16-14-29-58(61)64/h3-41H,1-2H3. The average Bonchev–Trinajstić information content (AvgIpc) is 3.80. The summed E-state index contributed by atoms with van der Waals surface area (Å²) < 4.78 is 6.69. The Morgan fingerprint density at radius 1 is 0.303 bits per heavy atom. The van der Waals surface area contributed by atoms with Gasteiger partial charge >= 0.3 is 0 Å². The number of ether oxygens (including phenoxy) is 1. The molecular weight excluding hydrogens is 799 g/mol. The van der Waals surface area contributed by atoms with Crippen molar-refractivity contribution < 1.29 is 4.74 Å². The smallest absolute Gasteiger partial charge is 0.132 e. The van der Waals surface area contributed by atoms with Gasteiger partial charge in [0.2, 0.25) is 0 Å². The van der Waals surface area contributed by atoms with Crippen LogP contribution >= 0.6 is 0 Å². The van der Waals surface area contributed by atoms with Crippen LogP contribution in [0.1, 0.15) is 47.2 Å². The van der Waals surface area contributed by atoms with E-state index in [0.29, 0.717) is 0 Å². The van der Waals surface area contributed by atoms with E-state index in [1.165, 1.54) is 83.5 Å². The van der Waals surface area contributed by atoms with Crippen molar-refractivity contribution in [1.82, 2.24) is 0 Å². The first kappa shape index (κ1) is 38.3. The van der Waals surface area contributed by atoms with Crippen molar-refractivity contribution in [1.29, 1.82) is 0 Å². The van der Waals surface area contributed by atoms with Crippen LogP contribution in [0.3, 0.4) is 0 Å². The molecular formula is C64H45NO. The maximum atomic E-state index is 6.69. The third kappa shape index (κ3) is 5.61. The van der Waals surface area contributed by atoms with Crippen molar-refractivity contribution in [2.45, 2.75) is 24.7 Å². The number of hydrogen-bond donors (Lipinski definition) is 0. The van der Waals surface area contributed by atoms with E-state index >= 15 is 0 Å². The molecule has 2 heteroatoms. The third-order valence-electron chi connectivity index (χ3n) is 14.5. The topological polar surface area (TPSA) is 12.5 Å². The molecule has 0 N–H and O–H groups in total. The second-order valence-electron chi connectivity index (χ2n) is 18.4. The van der Waals surface area contributed by atoms with E-state index in [1.807, 2.05) is 0 Å². The maximum Gasteiger partial charge on any atom is 0.132 e. The van der Waals surface area contributed by atoms with E-state index in [2.05, 4.69) is 255 Å². The van der Waals surface area contributed by atoms with Crippen LogP contribution in [-0.4, -0.2) is 0 Å². The normalized spacial score (nSPS) is 14.0. The highest BCUT2D eigenvalue weighted by Gasteiger charge is 2.52. The van der Waals surface area contributed by atoms with Crippen LogP contribution in [-0.2, 0) is 10.8 Å². The van der Waals surface area contributed by atoms with Crippen molar-refractivity contribution >= 4 is 17.1 Å².